The minimum absolute atomic E-state index is 0.165. The van der Waals surface area contributed by atoms with Gasteiger partial charge in [0.05, 0.1) is 15.0 Å². The molecule has 31 heavy (non-hydrogen) atoms. The lowest BCUT2D eigenvalue weighted by atomic mass is 10.1. The number of rotatable bonds is 3. The Balaban J connectivity index is 1.88. The second kappa shape index (κ2) is 8.18. The van der Waals surface area contributed by atoms with Crippen molar-refractivity contribution in [1.82, 2.24) is 9.55 Å². The smallest absolute Gasteiger partial charge is 0.269 e. The molecule has 1 aliphatic heterocycles. The number of hydrogen-bond acceptors (Lipinski definition) is 6. The molecule has 2 aromatic carbocycles. The third-order valence-electron chi connectivity index (χ3n) is 4.55. The number of halogens is 3. The van der Waals surface area contributed by atoms with E-state index in [9.17, 15) is 14.9 Å². The van der Waals surface area contributed by atoms with Gasteiger partial charge >= 0.3 is 5.96 Å². The van der Waals surface area contributed by atoms with Crippen LogP contribution in [0.25, 0.3) is 0 Å². The SMILES string of the molecule is Cc1cc(=O)n2c(n1)NC(Nc1cccc(Cl)c1Cl)=[NH+][C@@H]2c1cc([N+](=O)[O-])ccc1Cl. The second-order valence-electron chi connectivity index (χ2n) is 6.67. The minimum Gasteiger partial charge on any atom is -0.269 e. The summed E-state index contributed by atoms with van der Waals surface area (Å²) >= 11 is 18.7. The van der Waals surface area contributed by atoms with E-state index in [0.717, 1.165) is 0 Å². The molecule has 9 nitrogen and oxygen atoms in total. The van der Waals surface area contributed by atoms with Crippen molar-refractivity contribution in [2.75, 3.05) is 10.6 Å². The van der Waals surface area contributed by atoms with Gasteiger partial charge < -0.3 is 0 Å². The molecule has 1 atom stereocenters. The van der Waals surface area contributed by atoms with E-state index in [1.807, 2.05) is 0 Å². The topological polar surface area (TPSA) is 116 Å². The predicted octanol–water partition coefficient (Wildman–Crippen LogP) is 2.94. The number of nitro benzene ring substituents is 1. The highest BCUT2D eigenvalue weighted by Crippen LogP contribution is 2.30. The van der Waals surface area contributed by atoms with E-state index in [2.05, 4.69) is 20.6 Å². The minimum atomic E-state index is -0.885. The Morgan fingerprint density at radius 2 is 1.97 bits per heavy atom. The molecule has 0 radical (unpaired) electrons. The Morgan fingerprint density at radius 1 is 1.19 bits per heavy atom. The number of non-ortho nitro benzene ring substituents is 1. The first kappa shape index (κ1) is 21.1. The Bertz CT molecular complexity index is 1310. The number of nitrogens with one attached hydrogen (secondary N) is 3. The van der Waals surface area contributed by atoms with Crippen molar-refractivity contribution in [2.24, 2.45) is 0 Å². The number of aryl methyl sites for hydroxylation is 1. The van der Waals surface area contributed by atoms with Crippen LogP contribution >= 0.6 is 34.8 Å². The van der Waals surface area contributed by atoms with Gasteiger partial charge in [-0.2, -0.15) is 0 Å². The van der Waals surface area contributed by atoms with Gasteiger partial charge in [0.1, 0.15) is 5.69 Å². The predicted molar refractivity (Wildman–Crippen MR) is 119 cm³/mol. The highest BCUT2D eigenvalue weighted by atomic mass is 35.5. The van der Waals surface area contributed by atoms with E-state index in [0.29, 0.717) is 32.9 Å². The summed E-state index contributed by atoms with van der Waals surface area (Å²) in [5.74, 6) is 0.547. The standard InChI is InChI=1S/C19H13Cl3N6O3/c1-9-7-15(29)27-17(11-8-10(28(30)31)5-6-12(11)20)25-18(26-19(27)23-9)24-14-4-2-3-13(21)16(14)22/h2-8,17H,1H3,(H2,23,24,25,26)/p+1/t17-/m0/s1. The molecule has 2 heterocycles. The summed E-state index contributed by atoms with van der Waals surface area (Å²) < 4.78 is 1.32. The monoisotopic (exact) mass is 479 g/mol. The number of hydrogen-bond donors (Lipinski definition) is 3. The van der Waals surface area contributed by atoms with Crippen LogP contribution in [0, 0.1) is 17.0 Å². The lowest BCUT2D eigenvalue weighted by Crippen LogP contribution is -2.82. The number of benzene rings is 2. The van der Waals surface area contributed by atoms with Crippen molar-refractivity contribution in [3.63, 3.8) is 0 Å². The molecule has 0 aliphatic carbocycles. The molecular formula is C19H14Cl3N6O3+. The normalized spacial score (nSPS) is 15.0. The van der Waals surface area contributed by atoms with Gasteiger partial charge in [0.2, 0.25) is 0 Å². The van der Waals surface area contributed by atoms with Gasteiger partial charge in [-0.3, -0.25) is 19.9 Å². The summed E-state index contributed by atoms with van der Waals surface area (Å²) in [7, 11) is 0. The number of guanidine groups is 1. The van der Waals surface area contributed by atoms with Crippen LogP contribution in [0.2, 0.25) is 15.1 Å². The zero-order valence-corrected chi connectivity index (χ0v) is 18.1. The number of fused-ring (bicyclic) bond motifs is 1. The summed E-state index contributed by atoms with van der Waals surface area (Å²) in [5.41, 5.74) is 0.783. The maximum absolute atomic E-state index is 12.8. The van der Waals surface area contributed by atoms with Crippen LogP contribution in [0.1, 0.15) is 17.4 Å². The zero-order valence-electron chi connectivity index (χ0n) is 15.8. The number of aromatic nitrogens is 2. The third-order valence-corrected chi connectivity index (χ3v) is 5.72. The van der Waals surface area contributed by atoms with Gasteiger partial charge in [0, 0.05) is 34.5 Å². The Hall–Kier alpha value is -3.14. The van der Waals surface area contributed by atoms with Gasteiger partial charge in [-0.25, -0.2) is 20.2 Å². The first-order valence-corrected chi connectivity index (χ1v) is 10.0. The van der Waals surface area contributed by atoms with E-state index in [1.165, 1.54) is 28.8 Å². The summed E-state index contributed by atoms with van der Waals surface area (Å²) in [4.78, 5) is 31.0. The third kappa shape index (κ3) is 4.07. The number of nitrogens with zero attached hydrogens (tertiary/aromatic N) is 3. The molecule has 0 fully saturated rings. The number of nitro groups is 1. The molecule has 3 aromatic rings. The molecule has 0 saturated carbocycles. The fourth-order valence-electron chi connectivity index (χ4n) is 3.17. The highest BCUT2D eigenvalue weighted by Gasteiger charge is 2.31. The van der Waals surface area contributed by atoms with E-state index in [1.54, 1.807) is 25.1 Å². The van der Waals surface area contributed by atoms with E-state index >= 15 is 0 Å². The molecule has 3 N–H and O–H groups in total. The summed E-state index contributed by atoms with van der Waals surface area (Å²) in [5, 5.41) is 18.2. The van der Waals surface area contributed by atoms with Crippen molar-refractivity contribution >= 4 is 58.1 Å². The van der Waals surface area contributed by atoms with Crippen LogP contribution in [0.3, 0.4) is 0 Å². The molecule has 0 bridgehead atoms. The molecule has 0 saturated heterocycles. The molecule has 4 rings (SSSR count). The molecule has 1 aliphatic rings. The van der Waals surface area contributed by atoms with E-state index < -0.39 is 11.1 Å². The first-order valence-electron chi connectivity index (χ1n) is 8.90. The van der Waals surface area contributed by atoms with Gasteiger partial charge in [-0.05, 0) is 25.1 Å². The Kier molecular flexibility index (Phi) is 5.57. The number of anilines is 2. The maximum Gasteiger partial charge on any atom is 0.357 e. The van der Waals surface area contributed by atoms with Crippen molar-refractivity contribution in [3.8, 4) is 0 Å². The van der Waals surface area contributed by atoms with Crippen LogP contribution in [0.4, 0.5) is 17.3 Å². The molecule has 12 heteroatoms. The lowest BCUT2D eigenvalue weighted by molar-refractivity contribution is -0.520. The van der Waals surface area contributed by atoms with Crippen LogP contribution in [-0.2, 0) is 0 Å². The van der Waals surface area contributed by atoms with Crippen LogP contribution in [0.15, 0.2) is 47.3 Å². The molecule has 158 valence electrons. The largest absolute Gasteiger partial charge is 0.357 e. The van der Waals surface area contributed by atoms with Gasteiger partial charge in [0.15, 0.2) is 6.17 Å². The molecular weight excluding hydrogens is 467 g/mol. The van der Waals surface area contributed by atoms with Crippen LogP contribution in [0.5, 0.6) is 0 Å². The van der Waals surface area contributed by atoms with Gasteiger partial charge in [-0.15, -0.1) is 0 Å². The van der Waals surface area contributed by atoms with Crippen molar-refractivity contribution in [3.05, 3.63) is 89.3 Å². The quantitative estimate of drug-likeness (QED) is 0.392. The second-order valence-corrected chi connectivity index (χ2v) is 7.86. The molecule has 0 spiro atoms. The average molecular weight is 481 g/mol. The highest BCUT2D eigenvalue weighted by molar-refractivity contribution is 6.44. The van der Waals surface area contributed by atoms with Crippen molar-refractivity contribution in [2.45, 2.75) is 13.1 Å². The fraction of sp³-hybridized carbons (Fsp3) is 0.105. The van der Waals surface area contributed by atoms with Crippen LogP contribution < -0.4 is 21.2 Å². The van der Waals surface area contributed by atoms with Crippen molar-refractivity contribution in [1.29, 1.82) is 0 Å². The Labute approximate surface area is 190 Å². The fourth-order valence-corrected chi connectivity index (χ4v) is 3.73. The van der Waals surface area contributed by atoms with Gasteiger partial charge in [0.25, 0.3) is 17.2 Å². The van der Waals surface area contributed by atoms with E-state index in [4.69, 9.17) is 34.8 Å². The van der Waals surface area contributed by atoms with E-state index in [-0.39, 0.29) is 22.2 Å². The van der Waals surface area contributed by atoms with Crippen LogP contribution in [-0.4, -0.2) is 20.4 Å². The maximum atomic E-state index is 12.8. The Morgan fingerprint density at radius 3 is 2.71 bits per heavy atom. The first-order chi connectivity index (χ1) is 14.7. The zero-order chi connectivity index (χ0) is 22.3. The molecule has 0 unspecified atom stereocenters. The van der Waals surface area contributed by atoms with Gasteiger partial charge in [-0.1, -0.05) is 40.9 Å². The molecule has 0 amide bonds. The average Bonchev–Trinajstić information content (AvgIpc) is 2.70. The summed E-state index contributed by atoms with van der Waals surface area (Å²) in [6.07, 6.45) is -0.885. The van der Waals surface area contributed by atoms with Crippen molar-refractivity contribution < 1.29 is 9.92 Å². The molecule has 1 aromatic heterocycles. The lowest BCUT2D eigenvalue weighted by Gasteiger charge is -2.23. The summed E-state index contributed by atoms with van der Waals surface area (Å²) in [6.45, 7) is 1.68. The summed E-state index contributed by atoms with van der Waals surface area (Å²) in [6, 6.07) is 10.4.